The highest BCUT2D eigenvalue weighted by Crippen LogP contribution is 2.52. The number of methoxy groups -OCH3 is 1. The third-order valence-electron chi connectivity index (χ3n) is 7.58. The van der Waals surface area contributed by atoms with Crippen LogP contribution in [0.15, 0.2) is 58.9 Å². The Balaban J connectivity index is 1.60. The minimum Gasteiger partial charge on any atom is -0.493 e. The van der Waals surface area contributed by atoms with Crippen LogP contribution in [-0.2, 0) is 16.2 Å². The number of nitrogens with one attached hydrogen (secondary N) is 1. The van der Waals surface area contributed by atoms with Gasteiger partial charge in [0.15, 0.2) is 23.1 Å². The lowest BCUT2D eigenvalue weighted by atomic mass is 9.64. The van der Waals surface area contributed by atoms with E-state index in [4.69, 9.17) is 21.1 Å². The molecule has 0 saturated carbocycles. The van der Waals surface area contributed by atoms with Crippen LogP contribution in [-0.4, -0.2) is 18.7 Å². The summed E-state index contributed by atoms with van der Waals surface area (Å²) in [6.07, 6.45) is 2.25. The Kier molecular flexibility index (Phi) is 6.67. The molecule has 0 unspecified atom stereocenters. The van der Waals surface area contributed by atoms with Gasteiger partial charge >= 0.3 is 0 Å². The summed E-state index contributed by atoms with van der Waals surface area (Å²) in [5, 5.41) is 3.82. The van der Waals surface area contributed by atoms with Crippen molar-refractivity contribution < 1.29 is 23.5 Å². The maximum Gasteiger partial charge on any atom is 0.180 e. The number of halogens is 2. The van der Waals surface area contributed by atoms with Crippen molar-refractivity contribution in [3.05, 3.63) is 80.9 Å². The Hall–Kier alpha value is -3.12. The van der Waals surface area contributed by atoms with Crippen molar-refractivity contribution >= 4 is 23.2 Å². The van der Waals surface area contributed by atoms with Crippen molar-refractivity contribution in [2.24, 2.45) is 10.8 Å². The molecule has 0 spiro atoms. The second kappa shape index (κ2) is 9.57. The number of ether oxygens (including phenoxy) is 2. The Labute approximate surface area is 228 Å². The average molecular weight is 538 g/mol. The number of Topliss-reactive ketones (excluding diaryl/α,β-unsaturated/α-hetero) is 2. The van der Waals surface area contributed by atoms with Gasteiger partial charge in [-0.3, -0.25) is 9.59 Å². The van der Waals surface area contributed by atoms with Crippen molar-refractivity contribution in [3.8, 4) is 11.5 Å². The molecule has 0 aromatic heterocycles. The summed E-state index contributed by atoms with van der Waals surface area (Å²) in [7, 11) is 1.52. The zero-order valence-electron chi connectivity index (χ0n) is 22.5. The van der Waals surface area contributed by atoms with Crippen LogP contribution < -0.4 is 14.8 Å². The first-order valence-corrected chi connectivity index (χ1v) is 13.3. The molecule has 5 rings (SSSR count). The van der Waals surface area contributed by atoms with Crippen molar-refractivity contribution in [3.63, 3.8) is 0 Å². The van der Waals surface area contributed by atoms with E-state index >= 15 is 0 Å². The number of rotatable bonds is 5. The number of benzene rings is 2. The molecule has 2 aromatic rings. The van der Waals surface area contributed by atoms with Crippen molar-refractivity contribution in [2.45, 2.75) is 65.9 Å². The van der Waals surface area contributed by atoms with Gasteiger partial charge in [0.05, 0.1) is 12.1 Å². The summed E-state index contributed by atoms with van der Waals surface area (Å²) in [5.41, 5.74) is 4.08. The van der Waals surface area contributed by atoms with E-state index in [2.05, 4.69) is 33.0 Å². The summed E-state index contributed by atoms with van der Waals surface area (Å²) < 4.78 is 25.3. The highest BCUT2D eigenvalue weighted by atomic mass is 35.5. The third kappa shape index (κ3) is 4.98. The highest BCUT2D eigenvalue weighted by molar-refractivity contribution is 6.32. The quantitative estimate of drug-likeness (QED) is 0.443. The largest absolute Gasteiger partial charge is 0.493 e. The van der Waals surface area contributed by atoms with E-state index in [9.17, 15) is 14.0 Å². The monoisotopic (exact) mass is 537 g/mol. The molecule has 0 amide bonds. The van der Waals surface area contributed by atoms with E-state index in [1.54, 1.807) is 24.3 Å². The summed E-state index contributed by atoms with van der Waals surface area (Å²) in [4.78, 5) is 27.2. The minimum absolute atomic E-state index is 0.0412. The number of dihydropyridines is 1. The minimum atomic E-state index is -0.530. The van der Waals surface area contributed by atoms with E-state index in [0.717, 1.165) is 24.2 Å². The summed E-state index contributed by atoms with van der Waals surface area (Å²) in [6, 6.07) is 9.72. The fourth-order valence-corrected chi connectivity index (χ4v) is 6.32. The Morgan fingerprint density at radius 1 is 0.947 bits per heavy atom. The summed E-state index contributed by atoms with van der Waals surface area (Å²) >= 11 is 6.75. The molecule has 1 aliphatic heterocycles. The molecule has 200 valence electrons. The predicted molar refractivity (Wildman–Crippen MR) is 145 cm³/mol. The topological polar surface area (TPSA) is 64.6 Å². The predicted octanol–water partition coefficient (Wildman–Crippen LogP) is 7.04. The molecule has 3 aliphatic rings. The van der Waals surface area contributed by atoms with Crippen molar-refractivity contribution in [1.29, 1.82) is 0 Å². The van der Waals surface area contributed by atoms with Gasteiger partial charge < -0.3 is 14.8 Å². The van der Waals surface area contributed by atoms with E-state index < -0.39 is 5.92 Å². The number of hydrogen-bond donors (Lipinski definition) is 1. The van der Waals surface area contributed by atoms with Crippen LogP contribution in [0.1, 0.15) is 70.4 Å². The molecule has 0 saturated heterocycles. The lowest BCUT2D eigenvalue weighted by Gasteiger charge is -2.44. The fraction of sp³-hybridized carbons (Fsp3) is 0.419. The summed E-state index contributed by atoms with van der Waals surface area (Å²) in [6.45, 7) is 8.48. The number of carbonyl (C=O) groups is 2. The first-order valence-electron chi connectivity index (χ1n) is 12.9. The van der Waals surface area contributed by atoms with Gasteiger partial charge in [0.1, 0.15) is 12.4 Å². The molecule has 0 fully saturated rings. The second-order valence-corrected chi connectivity index (χ2v) is 12.6. The van der Waals surface area contributed by atoms with Crippen LogP contribution in [0.4, 0.5) is 4.39 Å². The molecule has 2 aromatic carbocycles. The number of ketones is 2. The summed E-state index contributed by atoms with van der Waals surface area (Å²) in [5.74, 6) is -0.0825. The number of carbonyl (C=O) groups excluding carboxylic acids is 2. The lowest BCUT2D eigenvalue weighted by molar-refractivity contribution is -0.119. The van der Waals surface area contributed by atoms with Gasteiger partial charge in [-0.2, -0.15) is 0 Å². The van der Waals surface area contributed by atoms with E-state index in [0.29, 0.717) is 51.6 Å². The Morgan fingerprint density at radius 3 is 2.11 bits per heavy atom. The molecule has 38 heavy (non-hydrogen) atoms. The average Bonchev–Trinajstić information content (AvgIpc) is 2.80. The van der Waals surface area contributed by atoms with E-state index in [-0.39, 0.29) is 34.8 Å². The lowest BCUT2D eigenvalue weighted by Crippen LogP contribution is -2.42. The van der Waals surface area contributed by atoms with Gasteiger partial charge in [0.25, 0.3) is 0 Å². The highest BCUT2D eigenvalue weighted by Gasteiger charge is 2.46. The molecular weight excluding hydrogens is 505 g/mol. The first-order chi connectivity index (χ1) is 17.9. The van der Waals surface area contributed by atoms with Crippen LogP contribution in [0.2, 0.25) is 5.02 Å². The van der Waals surface area contributed by atoms with Gasteiger partial charge in [0.2, 0.25) is 0 Å². The Bertz CT molecular complexity index is 1350. The zero-order valence-corrected chi connectivity index (χ0v) is 23.2. The fourth-order valence-electron chi connectivity index (χ4n) is 6.05. The van der Waals surface area contributed by atoms with E-state index in [1.807, 2.05) is 0 Å². The number of allylic oxidation sites excluding steroid dienone is 4. The smallest absolute Gasteiger partial charge is 0.180 e. The van der Waals surface area contributed by atoms with Crippen LogP contribution >= 0.6 is 11.6 Å². The molecule has 2 aliphatic carbocycles. The van der Waals surface area contributed by atoms with Gasteiger partial charge in [-0.05, 0) is 59.1 Å². The van der Waals surface area contributed by atoms with Crippen LogP contribution in [0.5, 0.6) is 11.5 Å². The second-order valence-electron chi connectivity index (χ2n) is 12.2. The molecule has 0 atom stereocenters. The van der Waals surface area contributed by atoms with Crippen LogP contribution in [0.3, 0.4) is 0 Å². The normalized spacial score (nSPS) is 20.6. The zero-order chi connectivity index (χ0) is 27.4. The molecule has 0 radical (unpaired) electrons. The van der Waals surface area contributed by atoms with Gasteiger partial charge in [-0.25, -0.2) is 4.39 Å². The maximum atomic E-state index is 13.6. The maximum absolute atomic E-state index is 13.6. The molecule has 7 heteroatoms. The van der Waals surface area contributed by atoms with Crippen molar-refractivity contribution in [1.82, 2.24) is 5.32 Å². The van der Waals surface area contributed by atoms with Gasteiger partial charge in [-0.1, -0.05) is 51.4 Å². The van der Waals surface area contributed by atoms with E-state index in [1.165, 1.54) is 19.2 Å². The Morgan fingerprint density at radius 2 is 1.55 bits per heavy atom. The molecule has 0 bridgehead atoms. The van der Waals surface area contributed by atoms with Gasteiger partial charge in [-0.15, -0.1) is 0 Å². The van der Waals surface area contributed by atoms with Crippen molar-refractivity contribution in [2.75, 3.05) is 7.11 Å². The van der Waals surface area contributed by atoms with Gasteiger partial charge in [0, 0.05) is 41.3 Å². The molecule has 1 heterocycles. The third-order valence-corrected chi connectivity index (χ3v) is 7.86. The van der Waals surface area contributed by atoms with Crippen LogP contribution in [0.25, 0.3) is 0 Å². The standard InChI is InChI=1S/C31H33ClFNO4/c1-30(2)12-21-27(23(35)14-30)26(28-22(34-21)13-31(3,4)15-24(28)36)18-10-20(32)29(25(11-18)37-5)38-16-17-7-6-8-19(33)9-17/h6-11,26,34H,12-16H2,1-5H3. The molecule has 1 N–H and O–H groups in total. The van der Waals surface area contributed by atoms with Crippen LogP contribution in [0, 0.1) is 16.6 Å². The number of hydrogen-bond acceptors (Lipinski definition) is 5. The molecular formula is C31H33ClFNO4. The first kappa shape index (κ1) is 26.5. The molecule has 5 nitrogen and oxygen atoms in total. The SMILES string of the molecule is COc1cc(C2C3=C(CC(C)(C)CC3=O)NC3=C2C(=O)CC(C)(C)C3)cc(Cl)c1OCc1cccc(F)c1.